The molecule has 0 atom stereocenters. The maximum Gasteiger partial charge on any atom is 0.255 e. The van der Waals surface area contributed by atoms with Crippen molar-refractivity contribution in [1.29, 1.82) is 0 Å². The molecule has 1 aromatic heterocycles. The van der Waals surface area contributed by atoms with E-state index < -0.39 is 10.0 Å². The van der Waals surface area contributed by atoms with Gasteiger partial charge in [0.1, 0.15) is 0 Å². The molecule has 2 rings (SSSR count). The van der Waals surface area contributed by atoms with E-state index in [0.717, 1.165) is 5.56 Å². The average Bonchev–Trinajstić information content (AvgIpc) is 2.48. The third-order valence-corrected chi connectivity index (χ3v) is 4.78. The number of hydrogen-bond donors (Lipinski definition) is 2. The number of aryl methyl sites for hydroxylation is 1. The maximum absolute atomic E-state index is 12.2. The van der Waals surface area contributed by atoms with Gasteiger partial charge in [0.15, 0.2) is 0 Å². The van der Waals surface area contributed by atoms with Gasteiger partial charge in [-0.3, -0.25) is 9.78 Å². The SMILES string of the molecule is Cc1ccncc1NC(=O)c1ccc(S(=O)(=O)NC(C)C)cc1. The van der Waals surface area contributed by atoms with Gasteiger partial charge in [0.25, 0.3) is 5.91 Å². The fraction of sp³-hybridized carbons (Fsp3) is 0.250. The monoisotopic (exact) mass is 333 g/mol. The molecular weight excluding hydrogens is 314 g/mol. The number of amides is 1. The van der Waals surface area contributed by atoms with Gasteiger partial charge in [-0.15, -0.1) is 0 Å². The summed E-state index contributed by atoms with van der Waals surface area (Å²) in [6.07, 6.45) is 3.21. The van der Waals surface area contributed by atoms with Gasteiger partial charge in [-0.1, -0.05) is 0 Å². The van der Waals surface area contributed by atoms with Crippen LogP contribution in [-0.4, -0.2) is 25.4 Å². The maximum atomic E-state index is 12.2. The van der Waals surface area contributed by atoms with E-state index >= 15 is 0 Å². The fourth-order valence-electron chi connectivity index (χ4n) is 1.95. The number of aromatic nitrogens is 1. The van der Waals surface area contributed by atoms with Crippen molar-refractivity contribution < 1.29 is 13.2 Å². The van der Waals surface area contributed by atoms with Crippen molar-refractivity contribution >= 4 is 21.6 Å². The Hall–Kier alpha value is -2.25. The van der Waals surface area contributed by atoms with E-state index in [1.165, 1.54) is 24.3 Å². The third-order valence-electron chi connectivity index (χ3n) is 3.10. The smallest absolute Gasteiger partial charge is 0.255 e. The Morgan fingerprint density at radius 3 is 2.35 bits per heavy atom. The van der Waals surface area contributed by atoms with Crippen LogP contribution in [0.4, 0.5) is 5.69 Å². The third kappa shape index (κ3) is 4.37. The molecule has 0 aliphatic carbocycles. The van der Waals surface area contributed by atoms with Crippen molar-refractivity contribution in [3.05, 3.63) is 53.9 Å². The largest absolute Gasteiger partial charge is 0.320 e. The summed E-state index contributed by atoms with van der Waals surface area (Å²) in [5.41, 5.74) is 1.89. The number of sulfonamides is 1. The van der Waals surface area contributed by atoms with Crippen LogP contribution < -0.4 is 10.0 Å². The molecule has 0 aliphatic heterocycles. The van der Waals surface area contributed by atoms with Crippen molar-refractivity contribution in [3.63, 3.8) is 0 Å². The molecule has 0 radical (unpaired) electrons. The van der Waals surface area contributed by atoms with E-state index in [0.29, 0.717) is 11.3 Å². The highest BCUT2D eigenvalue weighted by molar-refractivity contribution is 7.89. The molecule has 7 heteroatoms. The summed E-state index contributed by atoms with van der Waals surface area (Å²) >= 11 is 0. The quantitative estimate of drug-likeness (QED) is 0.879. The van der Waals surface area contributed by atoms with Crippen LogP contribution in [0.1, 0.15) is 29.8 Å². The number of pyridine rings is 1. The summed E-state index contributed by atoms with van der Waals surface area (Å²) in [7, 11) is -3.56. The highest BCUT2D eigenvalue weighted by Crippen LogP contribution is 2.15. The van der Waals surface area contributed by atoms with Crippen LogP contribution in [0.5, 0.6) is 0 Å². The summed E-state index contributed by atoms with van der Waals surface area (Å²) in [6.45, 7) is 5.36. The van der Waals surface area contributed by atoms with E-state index in [1.54, 1.807) is 32.3 Å². The van der Waals surface area contributed by atoms with Gasteiger partial charge in [-0.25, -0.2) is 13.1 Å². The van der Waals surface area contributed by atoms with Crippen molar-refractivity contribution in [1.82, 2.24) is 9.71 Å². The normalized spacial score (nSPS) is 11.5. The highest BCUT2D eigenvalue weighted by atomic mass is 32.2. The number of carbonyl (C=O) groups is 1. The molecule has 0 bridgehead atoms. The van der Waals surface area contributed by atoms with Gasteiger partial charge in [0.2, 0.25) is 10.0 Å². The molecule has 0 unspecified atom stereocenters. The molecule has 23 heavy (non-hydrogen) atoms. The zero-order chi connectivity index (χ0) is 17.0. The zero-order valence-electron chi connectivity index (χ0n) is 13.2. The predicted molar refractivity (Wildman–Crippen MR) is 88.8 cm³/mol. The second-order valence-electron chi connectivity index (χ2n) is 5.45. The minimum absolute atomic E-state index is 0.125. The van der Waals surface area contributed by atoms with Crippen molar-refractivity contribution in [3.8, 4) is 0 Å². The minimum atomic E-state index is -3.56. The molecule has 0 fully saturated rings. The topological polar surface area (TPSA) is 88.2 Å². The van der Waals surface area contributed by atoms with E-state index in [2.05, 4.69) is 15.0 Å². The number of carbonyl (C=O) groups excluding carboxylic acids is 1. The number of anilines is 1. The summed E-state index contributed by atoms with van der Waals surface area (Å²) < 4.78 is 26.6. The Morgan fingerprint density at radius 1 is 1.13 bits per heavy atom. The fourth-order valence-corrected chi connectivity index (χ4v) is 3.20. The first-order chi connectivity index (χ1) is 10.8. The number of benzene rings is 1. The van der Waals surface area contributed by atoms with Gasteiger partial charge in [0.05, 0.1) is 16.8 Å². The lowest BCUT2D eigenvalue weighted by Crippen LogP contribution is -2.30. The average molecular weight is 333 g/mol. The molecular formula is C16H19N3O3S. The molecule has 1 amide bonds. The van der Waals surface area contributed by atoms with Crippen LogP contribution in [-0.2, 0) is 10.0 Å². The van der Waals surface area contributed by atoms with E-state index in [-0.39, 0.29) is 16.8 Å². The lowest BCUT2D eigenvalue weighted by Gasteiger charge is -2.10. The molecule has 0 saturated heterocycles. The summed E-state index contributed by atoms with van der Waals surface area (Å²) in [6, 6.07) is 7.39. The van der Waals surface area contributed by atoms with Crippen LogP contribution in [0.15, 0.2) is 47.6 Å². The van der Waals surface area contributed by atoms with Gasteiger partial charge in [-0.05, 0) is 56.7 Å². The van der Waals surface area contributed by atoms with Crippen molar-refractivity contribution in [2.24, 2.45) is 0 Å². The van der Waals surface area contributed by atoms with Crippen molar-refractivity contribution in [2.45, 2.75) is 31.7 Å². The molecule has 1 heterocycles. The van der Waals surface area contributed by atoms with Gasteiger partial charge in [-0.2, -0.15) is 0 Å². The van der Waals surface area contributed by atoms with Crippen molar-refractivity contribution in [2.75, 3.05) is 5.32 Å². The number of nitrogens with zero attached hydrogens (tertiary/aromatic N) is 1. The molecule has 122 valence electrons. The van der Waals surface area contributed by atoms with Gasteiger partial charge < -0.3 is 5.32 Å². The number of rotatable bonds is 5. The summed E-state index contributed by atoms with van der Waals surface area (Å²) in [5, 5.41) is 2.75. The van der Waals surface area contributed by atoms with Crippen LogP contribution in [0.3, 0.4) is 0 Å². The summed E-state index contributed by atoms with van der Waals surface area (Å²) in [4.78, 5) is 16.3. The Bertz CT molecular complexity index is 800. The Kier molecular flexibility index (Phi) is 5.12. The lowest BCUT2D eigenvalue weighted by atomic mass is 10.2. The first kappa shape index (κ1) is 17.1. The van der Waals surface area contributed by atoms with Crippen LogP contribution in [0.2, 0.25) is 0 Å². The van der Waals surface area contributed by atoms with E-state index in [9.17, 15) is 13.2 Å². The first-order valence-corrected chi connectivity index (χ1v) is 8.62. The molecule has 0 spiro atoms. The second kappa shape index (κ2) is 6.89. The van der Waals surface area contributed by atoms with E-state index in [1.807, 2.05) is 6.92 Å². The van der Waals surface area contributed by atoms with Crippen LogP contribution in [0, 0.1) is 6.92 Å². The Morgan fingerprint density at radius 2 is 1.78 bits per heavy atom. The van der Waals surface area contributed by atoms with E-state index in [4.69, 9.17) is 0 Å². The predicted octanol–water partition coefficient (Wildman–Crippen LogP) is 2.33. The minimum Gasteiger partial charge on any atom is -0.320 e. The number of hydrogen-bond acceptors (Lipinski definition) is 4. The van der Waals surface area contributed by atoms with Crippen LogP contribution >= 0.6 is 0 Å². The van der Waals surface area contributed by atoms with Gasteiger partial charge in [0, 0.05) is 17.8 Å². The molecule has 0 aliphatic rings. The Labute approximate surface area is 136 Å². The molecule has 2 N–H and O–H groups in total. The zero-order valence-corrected chi connectivity index (χ0v) is 14.0. The molecule has 6 nitrogen and oxygen atoms in total. The van der Waals surface area contributed by atoms with Crippen LogP contribution in [0.25, 0.3) is 0 Å². The molecule has 0 saturated carbocycles. The lowest BCUT2D eigenvalue weighted by molar-refractivity contribution is 0.102. The Balaban J connectivity index is 2.16. The second-order valence-corrected chi connectivity index (χ2v) is 7.16. The molecule has 1 aromatic carbocycles. The number of nitrogens with one attached hydrogen (secondary N) is 2. The standard InChI is InChI=1S/C16H19N3O3S/c1-11(2)19-23(21,22)14-6-4-13(5-7-14)16(20)18-15-10-17-9-8-12(15)3/h4-11,19H,1-3H3,(H,18,20). The summed E-state index contributed by atoms with van der Waals surface area (Å²) in [5.74, 6) is -0.318. The molecule has 2 aromatic rings. The highest BCUT2D eigenvalue weighted by Gasteiger charge is 2.16. The first-order valence-electron chi connectivity index (χ1n) is 7.14. The van der Waals surface area contributed by atoms with Gasteiger partial charge >= 0.3 is 0 Å².